The second-order valence-electron chi connectivity index (χ2n) is 6.60. The third kappa shape index (κ3) is 2.74. The second-order valence-corrected chi connectivity index (χ2v) is 6.60. The van der Waals surface area contributed by atoms with Gasteiger partial charge in [0.15, 0.2) is 0 Å². The van der Waals surface area contributed by atoms with Crippen molar-refractivity contribution < 1.29 is 4.74 Å². The molecule has 0 aliphatic heterocycles. The lowest BCUT2D eigenvalue weighted by molar-refractivity contribution is -0.0432. The molecule has 2 aliphatic rings. The number of rotatable bonds is 6. The van der Waals surface area contributed by atoms with Crippen LogP contribution in [0, 0.1) is 0 Å². The van der Waals surface area contributed by atoms with Crippen molar-refractivity contribution in [3.05, 3.63) is 29.6 Å². The highest BCUT2D eigenvalue weighted by Gasteiger charge is 2.47. The van der Waals surface area contributed by atoms with Gasteiger partial charge in [-0.3, -0.25) is 4.98 Å². The van der Waals surface area contributed by atoms with Crippen LogP contribution in [0.25, 0.3) is 0 Å². The first-order chi connectivity index (χ1) is 10.3. The zero-order valence-electron chi connectivity index (χ0n) is 13.4. The molecule has 2 atom stereocenters. The summed E-state index contributed by atoms with van der Waals surface area (Å²) < 4.78 is 6.10. The van der Waals surface area contributed by atoms with Crippen molar-refractivity contribution in [2.45, 2.75) is 69.4 Å². The van der Waals surface area contributed by atoms with E-state index in [2.05, 4.69) is 24.4 Å². The van der Waals surface area contributed by atoms with Gasteiger partial charge in [-0.2, -0.15) is 0 Å². The van der Waals surface area contributed by atoms with Crippen molar-refractivity contribution >= 4 is 0 Å². The first kappa shape index (κ1) is 15.0. The van der Waals surface area contributed by atoms with E-state index in [0.29, 0.717) is 12.0 Å². The highest BCUT2D eigenvalue weighted by molar-refractivity contribution is 5.31. The Morgan fingerprint density at radius 1 is 1.43 bits per heavy atom. The van der Waals surface area contributed by atoms with E-state index >= 15 is 0 Å². The Morgan fingerprint density at radius 3 is 2.95 bits per heavy atom. The van der Waals surface area contributed by atoms with E-state index in [1.807, 2.05) is 13.3 Å². The summed E-state index contributed by atoms with van der Waals surface area (Å²) in [6.45, 7) is 3.30. The topological polar surface area (TPSA) is 34.2 Å². The third-order valence-electron chi connectivity index (χ3n) is 5.44. The summed E-state index contributed by atoms with van der Waals surface area (Å²) in [5, 5.41) is 3.82. The normalized spacial score (nSPS) is 25.0. The van der Waals surface area contributed by atoms with Crippen molar-refractivity contribution in [3.8, 4) is 0 Å². The zero-order chi connectivity index (χ0) is 14.7. The molecule has 2 aliphatic carbocycles. The quantitative estimate of drug-likeness (QED) is 0.870. The van der Waals surface area contributed by atoms with Crippen molar-refractivity contribution in [3.63, 3.8) is 0 Å². The van der Waals surface area contributed by atoms with Gasteiger partial charge >= 0.3 is 0 Å². The number of aryl methyl sites for hydroxylation is 1. The summed E-state index contributed by atoms with van der Waals surface area (Å²) in [6, 6.07) is 4.71. The maximum atomic E-state index is 6.10. The number of pyridine rings is 1. The molecule has 0 spiro atoms. The molecule has 1 aromatic rings. The summed E-state index contributed by atoms with van der Waals surface area (Å²) in [6.07, 6.45) is 10.4. The van der Waals surface area contributed by atoms with Crippen molar-refractivity contribution in [1.29, 1.82) is 0 Å². The molecular weight excluding hydrogens is 260 g/mol. The van der Waals surface area contributed by atoms with E-state index in [-0.39, 0.29) is 5.60 Å². The van der Waals surface area contributed by atoms with E-state index in [1.54, 1.807) is 0 Å². The Balaban J connectivity index is 1.89. The van der Waals surface area contributed by atoms with Crippen LogP contribution in [0.5, 0.6) is 0 Å². The average Bonchev–Trinajstić information content (AvgIpc) is 3.16. The van der Waals surface area contributed by atoms with Gasteiger partial charge in [0, 0.05) is 31.0 Å². The molecule has 2 unspecified atom stereocenters. The molecule has 0 saturated heterocycles. The number of nitrogens with one attached hydrogen (secondary N) is 1. The van der Waals surface area contributed by atoms with Crippen LogP contribution >= 0.6 is 0 Å². The second kappa shape index (κ2) is 6.45. The molecule has 21 heavy (non-hydrogen) atoms. The van der Waals surface area contributed by atoms with E-state index in [9.17, 15) is 0 Å². The number of hydrogen-bond donors (Lipinski definition) is 1. The molecule has 1 N–H and O–H groups in total. The average molecular weight is 288 g/mol. The van der Waals surface area contributed by atoms with Crippen molar-refractivity contribution in [2.75, 3.05) is 13.7 Å². The Morgan fingerprint density at radius 2 is 2.24 bits per heavy atom. The van der Waals surface area contributed by atoms with Crippen LogP contribution in [0.3, 0.4) is 0 Å². The van der Waals surface area contributed by atoms with Crippen LogP contribution in [0.15, 0.2) is 18.3 Å². The highest BCUT2D eigenvalue weighted by Crippen LogP contribution is 2.44. The molecule has 0 amide bonds. The number of ether oxygens (including phenoxy) is 1. The van der Waals surface area contributed by atoms with Crippen LogP contribution in [-0.2, 0) is 11.2 Å². The maximum Gasteiger partial charge on any atom is 0.0837 e. The van der Waals surface area contributed by atoms with Crippen LogP contribution in [0.4, 0.5) is 0 Å². The van der Waals surface area contributed by atoms with Gasteiger partial charge in [0.25, 0.3) is 0 Å². The predicted molar refractivity (Wildman–Crippen MR) is 85.6 cm³/mol. The Bertz CT molecular complexity index is 468. The summed E-state index contributed by atoms with van der Waals surface area (Å²) in [7, 11) is 1.90. The van der Waals surface area contributed by atoms with Crippen LogP contribution < -0.4 is 5.32 Å². The Kier molecular flexibility index (Phi) is 4.60. The molecule has 0 radical (unpaired) electrons. The number of nitrogens with zero attached hydrogens (tertiary/aromatic N) is 1. The minimum atomic E-state index is 0.0129. The van der Waals surface area contributed by atoms with E-state index in [1.165, 1.54) is 43.4 Å². The summed E-state index contributed by atoms with van der Waals surface area (Å²) in [5.74, 6) is 0.505. The first-order valence-electron chi connectivity index (χ1n) is 8.53. The lowest BCUT2D eigenvalue weighted by atomic mass is 9.81. The van der Waals surface area contributed by atoms with Gasteiger partial charge in [0.05, 0.1) is 5.60 Å². The molecule has 116 valence electrons. The summed E-state index contributed by atoms with van der Waals surface area (Å²) >= 11 is 0. The van der Waals surface area contributed by atoms with Gasteiger partial charge in [-0.05, 0) is 50.3 Å². The van der Waals surface area contributed by atoms with Gasteiger partial charge in [-0.15, -0.1) is 0 Å². The lowest BCUT2D eigenvalue weighted by Crippen LogP contribution is -2.53. The number of methoxy groups -OCH3 is 1. The SMILES string of the molecule is CCCNC(C1CCc2cccnc21)C1(OC)CCCC1. The van der Waals surface area contributed by atoms with Gasteiger partial charge in [0.1, 0.15) is 0 Å². The summed E-state index contributed by atoms with van der Waals surface area (Å²) in [4.78, 5) is 4.71. The fourth-order valence-electron chi connectivity index (χ4n) is 4.38. The molecule has 3 nitrogen and oxygen atoms in total. The molecular formula is C18H28N2O. The number of fused-ring (bicyclic) bond motifs is 1. The van der Waals surface area contributed by atoms with Crippen molar-refractivity contribution in [1.82, 2.24) is 10.3 Å². The molecule has 3 heteroatoms. The molecule has 3 rings (SSSR count). The molecule has 0 aromatic carbocycles. The number of aromatic nitrogens is 1. The molecule has 1 saturated carbocycles. The van der Waals surface area contributed by atoms with E-state index in [4.69, 9.17) is 9.72 Å². The maximum absolute atomic E-state index is 6.10. The molecule has 1 heterocycles. The zero-order valence-corrected chi connectivity index (χ0v) is 13.4. The van der Waals surface area contributed by atoms with Crippen LogP contribution in [0.1, 0.15) is 62.6 Å². The monoisotopic (exact) mass is 288 g/mol. The van der Waals surface area contributed by atoms with Crippen LogP contribution in [-0.4, -0.2) is 30.3 Å². The molecule has 1 fully saturated rings. The minimum absolute atomic E-state index is 0.0129. The minimum Gasteiger partial charge on any atom is -0.377 e. The molecule has 1 aromatic heterocycles. The first-order valence-corrected chi connectivity index (χ1v) is 8.53. The fraction of sp³-hybridized carbons (Fsp3) is 0.722. The summed E-state index contributed by atoms with van der Waals surface area (Å²) in [5.41, 5.74) is 2.77. The largest absolute Gasteiger partial charge is 0.377 e. The standard InChI is InChI=1S/C18H28N2O/c1-3-12-20-17(18(21-2)10-4-5-11-18)15-9-8-14-7-6-13-19-16(14)15/h6-7,13,15,17,20H,3-5,8-12H2,1-2H3. The van der Waals surface area contributed by atoms with Gasteiger partial charge < -0.3 is 10.1 Å². The van der Waals surface area contributed by atoms with E-state index in [0.717, 1.165) is 19.4 Å². The van der Waals surface area contributed by atoms with Crippen molar-refractivity contribution in [2.24, 2.45) is 0 Å². The lowest BCUT2D eigenvalue weighted by Gasteiger charge is -2.40. The third-order valence-corrected chi connectivity index (χ3v) is 5.44. The Hall–Kier alpha value is -0.930. The number of hydrogen-bond acceptors (Lipinski definition) is 3. The highest BCUT2D eigenvalue weighted by atomic mass is 16.5. The van der Waals surface area contributed by atoms with Gasteiger partial charge in [-0.25, -0.2) is 0 Å². The Labute approximate surface area is 128 Å². The van der Waals surface area contributed by atoms with Gasteiger partial charge in [-0.1, -0.05) is 25.8 Å². The smallest absolute Gasteiger partial charge is 0.0837 e. The van der Waals surface area contributed by atoms with Gasteiger partial charge in [0.2, 0.25) is 0 Å². The molecule has 0 bridgehead atoms. The van der Waals surface area contributed by atoms with E-state index < -0.39 is 0 Å². The predicted octanol–water partition coefficient (Wildman–Crippen LogP) is 3.44. The fourth-order valence-corrected chi connectivity index (χ4v) is 4.38. The van der Waals surface area contributed by atoms with Crippen LogP contribution in [0.2, 0.25) is 0 Å².